The van der Waals surface area contributed by atoms with Crippen molar-refractivity contribution < 1.29 is 9.47 Å². The molecule has 14 heavy (non-hydrogen) atoms. The van der Waals surface area contributed by atoms with Crippen LogP contribution in [0.15, 0.2) is 0 Å². The van der Waals surface area contributed by atoms with Gasteiger partial charge < -0.3 is 15.2 Å². The van der Waals surface area contributed by atoms with Crippen LogP contribution in [0.4, 0.5) is 0 Å². The standard InChI is InChI=1S/C10H20N2O2/c1-8(2-11)3-12-9-4-13-6-10(12)7-14-5-9/h8-10H,2-7,11H2,1H3. The summed E-state index contributed by atoms with van der Waals surface area (Å²) in [6.45, 7) is 7.30. The lowest BCUT2D eigenvalue weighted by Gasteiger charge is -2.46. The number of ether oxygens (including phenoxy) is 2. The summed E-state index contributed by atoms with van der Waals surface area (Å²) in [6.07, 6.45) is 0. The average Bonchev–Trinajstić information content (AvgIpc) is 2.17. The van der Waals surface area contributed by atoms with Crippen molar-refractivity contribution in [1.29, 1.82) is 0 Å². The van der Waals surface area contributed by atoms with Crippen molar-refractivity contribution in [1.82, 2.24) is 4.90 Å². The monoisotopic (exact) mass is 200 g/mol. The zero-order valence-electron chi connectivity index (χ0n) is 8.82. The summed E-state index contributed by atoms with van der Waals surface area (Å²) < 4.78 is 11.1. The molecule has 1 atom stereocenters. The molecule has 2 saturated heterocycles. The second-order valence-corrected chi connectivity index (χ2v) is 4.42. The molecule has 2 rings (SSSR count). The molecule has 4 heteroatoms. The lowest BCUT2D eigenvalue weighted by atomic mass is 10.0. The Labute approximate surface area is 85.3 Å². The van der Waals surface area contributed by atoms with E-state index in [1.54, 1.807) is 0 Å². The summed E-state index contributed by atoms with van der Waals surface area (Å²) in [5, 5.41) is 0. The fourth-order valence-corrected chi connectivity index (χ4v) is 2.19. The molecule has 0 aromatic carbocycles. The molecule has 4 nitrogen and oxygen atoms in total. The van der Waals surface area contributed by atoms with Gasteiger partial charge in [-0.15, -0.1) is 0 Å². The second-order valence-electron chi connectivity index (χ2n) is 4.42. The van der Waals surface area contributed by atoms with Crippen molar-refractivity contribution in [3.05, 3.63) is 0 Å². The van der Waals surface area contributed by atoms with Gasteiger partial charge >= 0.3 is 0 Å². The Hall–Kier alpha value is -0.160. The summed E-state index contributed by atoms with van der Waals surface area (Å²) in [5.74, 6) is 0.566. The van der Waals surface area contributed by atoms with Gasteiger partial charge in [-0.1, -0.05) is 6.92 Å². The quantitative estimate of drug-likeness (QED) is 0.678. The highest BCUT2D eigenvalue weighted by atomic mass is 16.5. The van der Waals surface area contributed by atoms with Crippen molar-refractivity contribution in [2.75, 3.05) is 39.5 Å². The van der Waals surface area contributed by atoms with Gasteiger partial charge in [0.2, 0.25) is 0 Å². The minimum atomic E-state index is 0.455. The number of morpholine rings is 2. The van der Waals surface area contributed by atoms with E-state index in [9.17, 15) is 0 Å². The summed E-state index contributed by atoms with van der Waals surface area (Å²) in [5.41, 5.74) is 5.65. The average molecular weight is 200 g/mol. The van der Waals surface area contributed by atoms with Crippen LogP contribution in [0.5, 0.6) is 0 Å². The van der Waals surface area contributed by atoms with E-state index < -0.39 is 0 Å². The molecule has 2 N–H and O–H groups in total. The molecule has 2 fully saturated rings. The van der Waals surface area contributed by atoms with E-state index in [1.165, 1.54) is 0 Å². The molecule has 0 spiro atoms. The van der Waals surface area contributed by atoms with E-state index in [-0.39, 0.29) is 0 Å². The molecular formula is C10H20N2O2. The van der Waals surface area contributed by atoms with Gasteiger partial charge in [0, 0.05) is 6.54 Å². The number of fused-ring (bicyclic) bond motifs is 2. The maximum absolute atomic E-state index is 5.65. The van der Waals surface area contributed by atoms with Crippen molar-refractivity contribution >= 4 is 0 Å². The Bertz CT molecular complexity index is 167. The van der Waals surface area contributed by atoms with Crippen molar-refractivity contribution in [2.45, 2.75) is 19.0 Å². The molecule has 0 aromatic heterocycles. The summed E-state index contributed by atoms with van der Waals surface area (Å²) in [6, 6.07) is 0.910. The zero-order chi connectivity index (χ0) is 9.97. The minimum absolute atomic E-state index is 0.455. The topological polar surface area (TPSA) is 47.7 Å². The van der Waals surface area contributed by atoms with E-state index in [1.807, 2.05) is 0 Å². The Morgan fingerprint density at radius 1 is 1.21 bits per heavy atom. The van der Waals surface area contributed by atoms with Crippen molar-refractivity contribution in [2.24, 2.45) is 11.7 Å². The molecule has 0 aromatic rings. The summed E-state index contributed by atoms with van der Waals surface area (Å²) >= 11 is 0. The van der Waals surface area contributed by atoms with E-state index in [4.69, 9.17) is 15.2 Å². The number of nitrogens with two attached hydrogens (primary N) is 1. The molecule has 2 aliphatic rings. The highest BCUT2D eigenvalue weighted by Gasteiger charge is 2.35. The van der Waals surface area contributed by atoms with Crippen molar-refractivity contribution in [3.8, 4) is 0 Å². The molecule has 2 aliphatic heterocycles. The number of hydrogen-bond acceptors (Lipinski definition) is 4. The SMILES string of the molecule is CC(CN)CN1C2COCC1COC2. The normalized spacial score (nSPS) is 35.6. The predicted octanol–water partition coefficient (Wildman–Crippen LogP) is -0.319. The summed E-state index contributed by atoms with van der Waals surface area (Å²) in [4.78, 5) is 2.52. The van der Waals surface area contributed by atoms with E-state index >= 15 is 0 Å². The Kier molecular flexibility index (Phi) is 3.38. The molecule has 1 unspecified atom stereocenters. The number of nitrogens with zero attached hydrogens (tertiary/aromatic N) is 1. The van der Waals surface area contributed by atoms with Crippen LogP contribution in [0, 0.1) is 5.92 Å². The molecule has 2 bridgehead atoms. The Balaban J connectivity index is 1.94. The van der Waals surface area contributed by atoms with Gasteiger partial charge in [-0.25, -0.2) is 0 Å². The smallest absolute Gasteiger partial charge is 0.0645 e. The highest BCUT2D eigenvalue weighted by molar-refractivity contribution is 4.87. The fourth-order valence-electron chi connectivity index (χ4n) is 2.19. The lowest BCUT2D eigenvalue weighted by molar-refractivity contribution is -0.140. The van der Waals surface area contributed by atoms with Crippen LogP contribution < -0.4 is 5.73 Å². The molecule has 0 radical (unpaired) electrons. The van der Waals surface area contributed by atoms with Gasteiger partial charge in [0.1, 0.15) is 0 Å². The molecule has 82 valence electrons. The highest BCUT2D eigenvalue weighted by Crippen LogP contribution is 2.20. The van der Waals surface area contributed by atoms with E-state index in [0.29, 0.717) is 18.0 Å². The van der Waals surface area contributed by atoms with Gasteiger partial charge in [-0.2, -0.15) is 0 Å². The number of hydrogen-bond donors (Lipinski definition) is 1. The lowest BCUT2D eigenvalue weighted by Crippen LogP contribution is -2.60. The Morgan fingerprint density at radius 3 is 2.14 bits per heavy atom. The fraction of sp³-hybridized carbons (Fsp3) is 1.00. The van der Waals surface area contributed by atoms with E-state index in [2.05, 4.69) is 11.8 Å². The van der Waals surface area contributed by atoms with Crippen LogP contribution in [0.1, 0.15) is 6.92 Å². The van der Waals surface area contributed by atoms with Gasteiger partial charge in [0.15, 0.2) is 0 Å². The third-order valence-electron chi connectivity index (χ3n) is 3.10. The number of rotatable bonds is 3. The second kappa shape index (κ2) is 4.57. The maximum atomic E-state index is 5.65. The van der Waals surface area contributed by atoms with Crippen LogP contribution in [-0.2, 0) is 9.47 Å². The van der Waals surface area contributed by atoms with Gasteiger partial charge in [-0.05, 0) is 12.5 Å². The Morgan fingerprint density at radius 2 is 1.71 bits per heavy atom. The van der Waals surface area contributed by atoms with Crippen LogP contribution in [0.25, 0.3) is 0 Å². The first-order chi connectivity index (χ1) is 6.81. The van der Waals surface area contributed by atoms with Crippen LogP contribution in [0.3, 0.4) is 0 Å². The first-order valence-corrected chi connectivity index (χ1v) is 5.42. The third kappa shape index (κ3) is 2.08. The predicted molar refractivity (Wildman–Crippen MR) is 54.1 cm³/mol. The first kappa shape index (κ1) is 10.4. The van der Waals surface area contributed by atoms with Gasteiger partial charge in [0.05, 0.1) is 38.5 Å². The van der Waals surface area contributed by atoms with E-state index in [0.717, 1.165) is 39.5 Å². The molecule has 0 aliphatic carbocycles. The van der Waals surface area contributed by atoms with Crippen molar-refractivity contribution in [3.63, 3.8) is 0 Å². The molecule has 2 heterocycles. The minimum Gasteiger partial charge on any atom is -0.378 e. The van der Waals surface area contributed by atoms with Gasteiger partial charge in [0.25, 0.3) is 0 Å². The largest absolute Gasteiger partial charge is 0.378 e. The maximum Gasteiger partial charge on any atom is 0.0645 e. The first-order valence-electron chi connectivity index (χ1n) is 5.42. The molecule has 0 amide bonds. The zero-order valence-corrected chi connectivity index (χ0v) is 8.82. The molecular weight excluding hydrogens is 180 g/mol. The third-order valence-corrected chi connectivity index (χ3v) is 3.10. The van der Waals surface area contributed by atoms with Crippen LogP contribution >= 0.6 is 0 Å². The van der Waals surface area contributed by atoms with Gasteiger partial charge in [-0.3, -0.25) is 4.90 Å². The van der Waals surface area contributed by atoms with Crippen LogP contribution in [0.2, 0.25) is 0 Å². The summed E-state index contributed by atoms with van der Waals surface area (Å²) in [7, 11) is 0. The molecule has 0 saturated carbocycles. The van der Waals surface area contributed by atoms with Crippen LogP contribution in [-0.4, -0.2) is 56.5 Å².